The van der Waals surface area contributed by atoms with Gasteiger partial charge in [0.1, 0.15) is 0 Å². The molecule has 18 aromatic carbocycles. The summed E-state index contributed by atoms with van der Waals surface area (Å²) in [7, 11) is 0. The molecule has 1 heterocycles. The average Bonchev–Trinajstić information content (AvgIpc) is 1.74. The van der Waals surface area contributed by atoms with E-state index in [1.165, 1.54) is 21.9 Å². The first-order chi connectivity index (χ1) is 55.5. The number of rotatable bonds is 19. The van der Waals surface area contributed by atoms with Crippen LogP contribution in [0.15, 0.2) is 461 Å². The van der Waals surface area contributed by atoms with Crippen molar-refractivity contribution in [2.45, 2.75) is 0 Å². The first-order valence-corrected chi connectivity index (χ1v) is 38.3. The van der Waals surface area contributed by atoms with E-state index in [1.54, 1.807) is 0 Å². The molecule has 19 rings (SSSR count). The van der Waals surface area contributed by atoms with Crippen LogP contribution >= 0.6 is 0 Å². The Balaban J connectivity index is 0.846. The third kappa shape index (κ3) is 13.8. The van der Waals surface area contributed by atoms with Crippen molar-refractivity contribution in [1.29, 1.82) is 0 Å². The van der Waals surface area contributed by atoms with E-state index in [1.807, 2.05) is 0 Å². The van der Waals surface area contributed by atoms with Crippen LogP contribution in [-0.2, 0) is 0 Å². The number of fused-ring (bicyclic) bond motifs is 3. The van der Waals surface area contributed by atoms with Crippen LogP contribution in [0.1, 0.15) is 0 Å². The molecule has 4 heteroatoms. The lowest BCUT2D eigenvalue weighted by molar-refractivity contribution is 1.18. The Morgan fingerprint density at radius 2 is 0.366 bits per heavy atom. The van der Waals surface area contributed by atoms with E-state index in [9.17, 15) is 0 Å². The van der Waals surface area contributed by atoms with Gasteiger partial charge in [-0.1, -0.05) is 309 Å². The smallest absolute Gasteiger partial charge is 0.0541 e. The van der Waals surface area contributed by atoms with Crippen molar-refractivity contribution < 1.29 is 0 Å². The quantitative estimate of drug-likeness (QED) is 0.0802. The summed E-state index contributed by atoms with van der Waals surface area (Å²) in [6.45, 7) is 0. The molecule has 112 heavy (non-hydrogen) atoms. The maximum atomic E-state index is 2.43. The number of hydrogen-bond acceptors (Lipinski definition) is 3. The molecular weight excluding hydrogens is 1350 g/mol. The highest BCUT2D eigenvalue weighted by Crippen LogP contribution is 2.48. The highest BCUT2D eigenvalue weighted by molar-refractivity contribution is 6.11. The molecule has 0 saturated carbocycles. The van der Waals surface area contributed by atoms with Crippen LogP contribution in [0.5, 0.6) is 0 Å². The van der Waals surface area contributed by atoms with E-state index in [0.717, 1.165) is 157 Å². The fraction of sp³-hybridized carbons (Fsp3) is 0. The van der Waals surface area contributed by atoms with E-state index in [2.05, 4.69) is 480 Å². The number of aromatic nitrogens is 1. The van der Waals surface area contributed by atoms with Crippen LogP contribution in [0.25, 0.3) is 128 Å². The van der Waals surface area contributed by atoms with Gasteiger partial charge in [-0.05, 0) is 252 Å². The van der Waals surface area contributed by atoms with Crippen molar-refractivity contribution in [1.82, 2.24) is 4.57 Å². The summed E-state index contributed by atoms with van der Waals surface area (Å²) in [6.07, 6.45) is 0. The second-order valence-electron chi connectivity index (χ2n) is 28.5. The fourth-order valence-corrected chi connectivity index (χ4v) is 15.9. The molecule has 0 spiro atoms. The van der Waals surface area contributed by atoms with Gasteiger partial charge in [-0.15, -0.1) is 0 Å². The average molecular weight is 1430 g/mol. The van der Waals surface area contributed by atoms with Crippen LogP contribution < -0.4 is 14.7 Å². The molecule has 528 valence electrons. The molecular formula is C108H76N4. The Labute approximate surface area is 654 Å². The van der Waals surface area contributed by atoms with Crippen molar-refractivity contribution in [2.75, 3.05) is 14.7 Å². The van der Waals surface area contributed by atoms with Crippen molar-refractivity contribution >= 4 is 73.0 Å². The minimum atomic E-state index is 0.982. The van der Waals surface area contributed by atoms with Crippen LogP contribution in [-0.4, -0.2) is 4.57 Å². The van der Waals surface area contributed by atoms with Gasteiger partial charge in [0.15, 0.2) is 0 Å². The number of hydrogen-bond donors (Lipinski definition) is 0. The van der Waals surface area contributed by atoms with E-state index >= 15 is 0 Å². The number of benzene rings is 18. The van der Waals surface area contributed by atoms with Gasteiger partial charge in [0.25, 0.3) is 0 Å². The summed E-state index contributed by atoms with van der Waals surface area (Å²) < 4.78 is 2.40. The summed E-state index contributed by atoms with van der Waals surface area (Å²) >= 11 is 0. The van der Waals surface area contributed by atoms with E-state index in [0.29, 0.717) is 0 Å². The second kappa shape index (κ2) is 30.4. The van der Waals surface area contributed by atoms with Gasteiger partial charge in [0.05, 0.1) is 11.0 Å². The highest BCUT2D eigenvalue weighted by Gasteiger charge is 2.24. The van der Waals surface area contributed by atoms with E-state index in [-0.39, 0.29) is 0 Å². The number of nitrogens with zero attached hydrogens (tertiary/aromatic N) is 4. The normalized spacial score (nSPS) is 11.2. The zero-order chi connectivity index (χ0) is 74.5. The Morgan fingerprint density at radius 1 is 0.125 bits per heavy atom. The Hall–Kier alpha value is -14.8. The Morgan fingerprint density at radius 3 is 0.714 bits per heavy atom. The molecule has 0 N–H and O–H groups in total. The first kappa shape index (κ1) is 67.7. The predicted octanol–water partition coefficient (Wildman–Crippen LogP) is 30.2. The van der Waals surface area contributed by atoms with Gasteiger partial charge in [0, 0.05) is 67.6 Å². The predicted molar refractivity (Wildman–Crippen MR) is 474 cm³/mol. The van der Waals surface area contributed by atoms with Gasteiger partial charge in [-0.2, -0.15) is 0 Å². The van der Waals surface area contributed by atoms with E-state index < -0.39 is 0 Å². The van der Waals surface area contributed by atoms with Gasteiger partial charge in [0.2, 0.25) is 0 Å². The molecule has 0 fully saturated rings. The Bertz CT molecular complexity index is 6020. The molecule has 0 saturated heterocycles. The summed E-state index contributed by atoms with van der Waals surface area (Å²) in [5.41, 5.74) is 32.9. The second-order valence-corrected chi connectivity index (χ2v) is 28.5. The zero-order valence-corrected chi connectivity index (χ0v) is 61.7. The minimum Gasteiger partial charge on any atom is -0.310 e. The molecule has 0 radical (unpaired) electrons. The maximum absolute atomic E-state index is 2.43. The van der Waals surface area contributed by atoms with Crippen LogP contribution in [0.2, 0.25) is 0 Å². The van der Waals surface area contributed by atoms with Crippen molar-refractivity contribution in [3.63, 3.8) is 0 Å². The minimum absolute atomic E-state index is 0.982. The lowest BCUT2D eigenvalue weighted by Crippen LogP contribution is -2.14. The third-order valence-electron chi connectivity index (χ3n) is 21.5. The van der Waals surface area contributed by atoms with E-state index in [4.69, 9.17) is 0 Å². The van der Waals surface area contributed by atoms with Crippen LogP contribution in [0.4, 0.5) is 51.2 Å². The topological polar surface area (TPSA) is 14.7 Å². The van der Waals surface area contributed by atoms with Crippen LogP contribution in [0, 0.1) is 0 Å². The largest absolute Gasteiger partial charge is 0.310 e. The van der Waals surface area contributed by atoms with Gasteiger partial charge in [-0.3, -0.25) is 0 Å². The van der Waals surface area contributed by atoms with Gasteiger partial charge in [-0.25, -0.2) is 0 Å². The standard InChI is InChI=1S/C108H76N4/c1-8-25-77(26-9-1)83-43-56-96(57-44-83)109(97-58-45-84(46-59-97)78-27-10-2-11-28-78)102-40-24-37-89(72-102)91-69-92(90-55-68-108-106(75-90)105-41-22-23-42-107(105)112(108)95-38-20-7-21-39-95)71-93(70-91)94-73-103(110(98-60-47-85(48-61-98)79-29-12-3-13-30-79)99-62-49-86(50-63-99)80-31-14-4-15-32-80)76-104(74-94)111(100-64-51-87(52-65-100)81-33-16-5-17-34-81)101-66-53-88(54-67-101)82-35-18-6-19-36-82/h1-76H. The summed E-state index contributed by atoms with van der Waals surface area (Å²) in [5.74, 6) is 0. The maximum Gasteiger partial charge on any atom is 0.0541 e. The first-order valence-electron chi connectivity index (χ1n) is 38.3. The summed E-state index contributed by atoms with van der Waals surface area (Å²) in [5, 5.41) is 2.38. The summed E-state index contributed by atoms with van der Waals surface area (Å²) in [4.78, 5) is 7.26. The van der Waals surface area contributed by atoms with Crippen molar-refractivity contribution in [2.24, 2.45) is 0 Å². The van der Waals surface area contributed by atoms with Gasteiger partial charge >= 0.3 is 0 Å². The molecule has 0 unspecified atom stereocenters. The number of para-hydroxylation sites is 2. The molecule has 0 bridgehead atoms. The Kier molecular flexibility index (Phi) is 18.4. The molecule has 0 aliphatic carbocycles. The third-order valence-corrected chi connectivity index (χ3v) is 21.5. The molecule has 0 atom stereocenters. The zero-order valence-electron chi connectivity index (χ0n) is 61.7. The molecule has 19 aromatic rings. The van der Waals surface area contributed by atoms with Gasteiger partial charge < -0.3 is 19.3 Å². The molecule has 4 nitrogen and oxygen atoms in total. The molecule has 1 aromatic heterocycles. The molecule has 0 aliphatic rings. The summed E-state index contributed by atoms with van der Waals surface area (Å²) in [6, 6.07) is 168. The molecule has 0 aliphatic heterocycles. The SMILES string of the molecule is c1ccc(-c2ccc(N(c3ccc(-c4ccccc4)cc3)c3cccc(-c4cc(-c5cc(N(c6ccc(-c7ccccc7)cc6)c6ccc(-c7ccccc7)cc6)cc(N(c6ccc(-c7ccccc7)cc6)c6ccc(-c7ccccc7)cc6)c5)cc(-c5ccc6c(c5)c5ccccc5n6-c5ccccc5)c4)c3)cc2)cc1. The monoisotopic (exact) mass is 1430 g/mol. The fourth-order valence-electron chi connectivity index (χ4n) is 15.9. The van der Waals surface area contributed by atoms with Crippen molar-refractivity contribution in [3.8, 4) is 106 Å². The lowest BCUT2D eigenvalue weighted by Gasteiger charge is -2.31. The van der Waals surface area contributed by atoms with Crippen molar-refractivity contribution in [3.05, 3.63) is 461 Å². The number of anilines is 9. The van der Waals surface area contributed by atoms with Crippen LogP contribution in [0.3, 0.4) is 0 Å². The highest BCUT2D eigenvalue weighted by atomic mass is 15.2. The lowest BCUT2D eigenvalue weighted by atomic mass is 9.92. The molecule has 0 amide bonds.